The summed E-state index contributed by atoms with van der Waals surface area (Å²) in [7, 11) is 3.09. The van der Waals surface area contributed by atoms with Crippen LogP contribution >= 0.6 is 0 Å². The molecule has 1 rings (SSSR count). The molecule has 0 bridgehead atoms. The van der Waals surface area contributed by atoms with E-state index in [2.05, 4.69) is 4.98 Å². The molecule has 0 aromatic carbocycles. The number of ether oxygens (including phenoxy) is 1. The average molecular weight is 211 g/mol. The van der Waals surface area contributed by atoms with Gasteiger partial charge in [0.25, 0.3) is 0 Å². The zero-order valence-corrected chi connectivity index (χ0v) is 8.60. The first kappa shape index (κ1) is 11.1. The number of nitrogens with zero attached hydrogens (tertiary/aromatic N) is 2. The van der Waals surface area contributed by atoms with Gasteiger partial charge in [-0.05, 0) is 6.07 Å². The normalized spacial score (nSPS) is 9.73. The third-order valence-electron chi connectivity index (χ3n) is 1.82. The molecule has 6 nitrogen and oxygen atoms in total. The molecule has 0 aliphatic carbocycles. The minimum atomic E-state index is -0.943. The maximum Gasteiger partial charge on any atom is 0.323 e. The van der Waals surface area contributed by atoms with Crippen LogP contribution in [0, 0.1) is 0 Å². The molecule has 0 aliphatic rings. The lowest BCUT2D eigenvalue weighted by molar-refractivity contribution is -0.135. The highest BCUT2D eigenvalue weighted by atomic mass is 16.5. The Morgan fingerprint density at radius 2 is 2.33 bits per heavy atom. The molecule has 6 heteroatoms. The van der Waals surface area contributed by atoms with Gasteiger partial charge in [-0.2, -0.15) is 4.98 Å². The standard InChI is InChI=1S/C9H13N3O3/c1-12(5-8(13)14)9-6(10)3-4-7(11-9)15-2/h3-4H,5,10H2,1-2H3,(H,13,14). The monoisotopic (exact) mass is 211 g/mol. The van der Waals surface area contributed by atoms with Gasteiger partial charge in [0.15, 0.2) is 5.82 Å². The summed E-state index contributed by atoms with van der Waals surface area (Å²) in [6, 6.07) is 3.24. The number of carbonyl (C=O) groups is 1. The van der Waals surface area contributed by atoms with Crippen LogP contribution in [0.2, 0.25) is 0 Å². The fourth-order valence-corrected chi connectivity index (χ4v) is 1.14. The van der Waals surface area contributed by atoms with E-state index in [0.29, 0.717) is 17.4 Å². The van der Waals surface area contributed by atoms with Crippen molar-refractivity contribution < 1.29 is 14.6 Å². The molecule has 1 aromatic rings. The summed E-state index contributed by atoms with van der Waals surface area (Å²) < 4.78 is 4.92. The van der Waals surface area contributed by atoms with Crippen molar-refractivity contribution in [3.8, 4) is 5.88 Å². The smallest absolute Gasteiger partial charge is 0.323 e. The second-order valence-corrected chi connectivity index (χ2v) is 3.02. The minimum Gasteiger partial charge on any atom is -0.481 e. The van der Waals surface area contributed by atoms with E-state index >= 15 is 0 Å². The lowest BCUT2D eigenvalue weighted by atomic mass is 10.3. The second-order valence-electron chi connectivity index (χ2n) is 3.02. The summed E-state index contributed by atoms with van der Waals surface area (Å²) in [6.45, 7) is -0.162. The molecule has 0 amide bonds. The number of carboxylic acids is 1. The molecule has 15 heavy (non-hydrogen) atoms. The lowest BCUT2D eigenvalue weighted by Gasteiger charge is -2.17. The molecule has 1 aromatic heterocycles. The number of hydrogen-bond acceptors (Lipinski definition) is 5. The van der Waals surface area contributed by atoms with E-state index in [0.717, 1.165) is 0 Å². The van der Waals surface area contributed by atoms with Crippen LogP contribution in [0.4, 0.5) is 11.5 Å². The number of aromatic nitrogens is 1. The maximum atomic E-state index is 10.5. The predicted octanol–water partition coefficient (Wildman–Crippen LogP) is 0.193. The van der Waals surface area contributed by atoms with Gasteiger partial charge in [-0.25, -0.2) is 0 Å². The highest BCUT2D eigenvalue weighted by Crippen LogP contribution is 2.22. The molecule has 3 N–H and O–H groups in total. The molecule has 0 saturated heterocycles. The van der Waals surface area contributed by atoms with Crippen molar-refractivity contribution in [1.29, 1.82) is 0 Å². The SMILES string of the molecule is COc1ccc(N)c(N(C)CC(=O)O)n1. The number of nitrogens with two attached hydrogens (primary N) is 1. The van der Waals surface area contributed by atoms with Crippen LogP contribution in [0.5, 0.6) is 5.88 Å². The van der Waals surface area contributed by atoms with Gasteiger partial charge < -0.3 is 20.5 Å². The van der Waals surface area contributed by atoms with Gasteiger partial charge in [-0.3, -0.25) is 4.79 Å². The summed E-state index contributed by atoms with van der Waals surface area (Å²) >= 11 is 0. The Bertz CT molecular complexity index is 368. The number of nitrogen functional groups attached to an aromatic ring is 1. The van der Waals surface area contributed by atoms with Gasteiger partial charge in [0.05, 0.1) is 12.8 Å². The van der Waals surface area contributed by atoms with E-state index < -0.39 is 5.97 Å². The van der Waals surface area contributed by atoms with E-state index in [1.807, 2.05) is 0 Å². The number of likely N-dealkylation sites (N-methyl/N-ethyl adjacent to an activating group) is 1. The highest BCUT2D eigenvalue weighted by molar-refractivity contribution is 5.75. The molecular formula is C9H13N3O3. The van der Waals surface area contributed by atoms with E-state index in [9.17, 15) is 4.79 Å². The molecule has 0 fully saturated rings. The number of carboxylic acid groups (broad SMARTS) is 1. The fraction of sp³-hybridized carbons (Fsp3) is 0.333. The Morgan fingerprint density at radius 1 is 1.67 bits per heavy atom. The number of methoxy groups -OCH3 is 1. The van der Waals surface area contributed by atoms with Crippen molar-refractivity contribution in [2.75, 3.05) is 31.3 Å². The van der Waals surface area contributed by atoms with Crippen LogP contribution in [0.1, 0.15) is 0 Å². The summed E-state index contributed by atoms with van der Waals surface area (Å²) in [5.41, 5.74) is 6.08. The van der Waals surface area contributed by atoms with Crippen LogP contribution < -0.4 is 15.4 Å². The summed E-state index contributed by atoms with van der Waals surface area (Å²) in [5, 5.41) is 8.62. The molecule has 0 radical (unpaired) electrons. The number of anilines is 2. The van der Waals surface area contributed by atoms with Crippen molar-refractivity contribution in [1.82, 2.24) is 4.98 Å². The summed E-state index contributed by atoms with van der Waals surface area (Å²) in [5.74, 6) is -0.144. The van der Waals surface area contributed by atoms with Crippen molar-refractivity contribution in [2.45, 2.75) is 0 Å². The number of pyridine rings is 1. The van der Waals surface area contributed by atoms with Crippen LogP contribution in [-0.4, -0.2) is 36.8 Å². The Labute approximate surface area is 87.3 Å². The topological polar surface area (TPSA) is 88.7 Å². The Hall–Kier alpha value is -1.98. The van der Waals surface area contributed by atoms with Crippen molar-refractivity contribution in [3.05, 3.63) is 12.1 Å². The summed E-state index contributed by atoms with van der Waals surface area (Å²) in [4.78, 5) is 16.0. The number of rotatable bonds is 4. The van der Waals surface area contributed by atoms with E-state index in [1.54, 1.807) is 19.2 Å². The third-order valence-corrected chi connectivity index (χ3v) is 1.82. The number of hydrogen-bond donors (Lipinski definition) is 2. The highest BCUT2D eigenvalue weighted by Gasteiger charge is 2.11. The van der Waals surface area contributed by atoms with Gasteiger partial charge in [0.1, 0.15) is 6.54 Å². The molecule has 82 valence electrons. The van der Waals surface area contributed by atoms with Crippen molar-refractivity contribution in [2.24, 2.45) is 0 Å². The van der Waals surface area contributed by atoms with Crippen molar-refractivity contribution >= 4 is 17.5 Å². The first-order valence-electron chi connectivity index (χ1n) is 4.28. The van der Waals surface area contributed by atoms with Gasteiger partial charge in [-0.1, -0.05) is 0 Å². The Kier molecular flexibility index (Phi) is 3.33. The molecule has 0 aliphatic heterocycles. The first-order chi connectivity index (χ1) is 7.04. The summed E-state index contributed by atoms with van der Waals surface area (Å²) in [6.07, 6.45) is 0. The van der Waals surface area contributed by atoms with Crippen LogP contribution in [0.15, 0.2) is 12.1 Å². The third kappa shape index (κ3) is 2.73. The molecule has 0 spiro atoms. The van der Waals surface area contributed by atoms with Crippen LogP contribution in [0.25, 0.3) is 0 Å². The van der Waals surface area contributed by atoms with Crippen LogP contribution in [0.3, 0.4) is 0 Å². The fourth-order valence-electron chi connectivity index (χ4n) is 1.14. The van der Waals surface area contributed by atoms with Gasteiger partial charge in [0, 0.05) is 13.1 Å². The molecule has 0 atom stereocenters. The van der Waals surface area contributed by atoms with E-state index in [-0.39, 0.29) is 6.54 Å². The quantitative estimate of drug-likeness (QED) is 0.739. The van der Waals surface area contributed by atoms with Gasteiger partial charge >= 0.3 is 5.97 Å². The van der Waals surface area contributed by atoms with Gasteiger partial charge in [0.2, 0.25) is 5.88 Å². The van der Waals surface area contributed by atoms with Crippen molar-refractivity contribution in [3.63, 3.8) is 0 Å². The first-order valence-corrected chi connectivity index (χ1v) is 4.28. The number of aliphatic carboxylic acids is 1. The lowest BCUT2D eigenvalue weighted by Crippen LogP contribution is -2.26. The molecule has 1 heterocycles. The zero-order chi connectivity index (χ0) is 11.4. The predicted molar refractivity (Wildman–Crippen MR) is 56.1 cm³/mol. The Morgan fingerprint density at radius 3 is 2.87 bits per heavy atom. The zero-order valence-electron chi connectivity index (χ0n) is 8.60. The van der Waals surface area contributed by atoms with E-state index in [4.69, 9.17) is 15.6 Å². The second kappa shape index (κ2) is 4.50. The maximum absolute atomic E-state index is 10.5. The minimum absolute atomic E-state index is 0.162. The molecule has 0 saturated carbocycles. The molecular weight excluding hydrogens is 198 g/mol. The largest absolute Gasteiger partial charge is 0.481 e. The Balaban J connectivity index is 2.95. The molecule has 0 unspecified atom stereocenters. The average Bonchev–Trinajstić information content (AvgIpc) is 2.17. The van der Waals surface area contributed by atoms with Gasteiger partial charge in [-0.15, -0.1) is 0 Å². The van der Waals surface area contributed by atoms with E-state index in [1.165, 1.54) is 12.0 Å². The van der Waals surface area contributed by atoms with Crippen LogP contribution in [-0.2, 0) is 4.79 Å².